The summed E-state index contributed by atoms with van der Waals surface area (Å²) in [7, 11) is 0. The lowest BCUT2D eigenvalue weighted by Gasteiger charge is -2.60. The predicted octanol–water partition coefficient (Wildman–Crippen LogP) is 5.50. The van der Waals surface area contributed by atoms with Gasteiger partial charge in [-0.25, -0.2) is 0 Å². The highest BCUT2D eigenvalue weighted by Crippen LogP contribution is 2.60. The highest BCUT2D eigenvalue weighted by Gasteiger charge is 2.61. The second-order valence-corrected chi connectivity index (χ2v) is 19.6. The third-order valence-corrected chi connectivity index (χ3v) is 15.3. The number of carbonyl (C=O) groups excluding carboxylic acids is 5. The van der Waals surface area contributed by atoms with Crippen molar-refractivity contribution in [3.63, 3.8) is 0 Å². The predicted molar refractivity (Wildman–Crippen MR) is 231 cm³/mol. The highest BCUT2D eigenvalue weighted by atomic mass is 16.4. The number of carboxylic acids is 1. The van der Waals surface area contributed by atoms with Crippen molar-refractivity contribution >= 4 is 47.4 Å². The zero-order chi connectivity index (χ0) is 43.9. The molecular formula is C47H66N6O7. The van der Waals surface area contributed by atoms with E-state index in [9.17, 15) is 24.0 Å². The van der Waals surface area contributed by atoms with Gasteiger partial charge in [-0.3, -0.25) is 33.7 Å². The molecule has 0 saturated heterocycles. The molecule has 2 fully saturated rings. The molecule has 9 atom stereocenters. The number of fused-ring (bicyclic) bond motifs is 6. The van der Waals surface area contributed by atoms with E-state index in [1.165, 1.54) is 16.7 Å². The van der Waals surface area contributed by atoms with Gasteiger partial charge in [0, 0.05) is 17.8 Å². The summed E-state index contributed by atoms with van der Waals surface area (Å²) in [5.74, 6) is -3.11. The molecule has 4 aliphatic rings. The number of amides is 5. The summed E-state index contributed by atoms with van der Waals surface area (Å²) in [5, 5.41) is 17.2. The lowest BCUT2D eigenvalue weighted by Crippen LogP contribution is -2.66. The Kier molecular flexibility index (Phi) is 12.6. The van der Waals surface area contributed by atoms with Crippen LogP contribution < -0.4 is 27.4 Å². The molecule has 4 aliphatic carbocycles. The smallest absolute Gasteiger partial charge is 0.303 e. The lowest BCUT2D eigenvalue weighted by atomic mass is 9.48. The van der Waals surface area contributed by atoms with Gasteiger partial charge in [0.1, 0.15) is 12.1 Å². The first-order chi connectivity index (χ1) is 28.2. The molecule has 13 heteroatoms. The van der Waals surface area contributed by atoms with E-state index in [-0.39, 0.29) is 41.9 Å². The van der Waals surface area contributed by atoms with Crippen molar-refractivity contribution in [3.8, 4) is 0 Å². The van der Waals surface area contributed by atoms with Crippen LogP contribution in [0.5, 0.6) is 0 Å². The second kappa shape index (κ2) is 16.9. The van der Waals surface area contributed by atoms with Gasteiger partial charge in [-0.05, 0) is 147 Å². The van der Waals surface area contributed by atoms with Crippen molar-refractivity contribution in [1.82, 2.24) is 15.5 Å². The molecule has 0 bridgehead atoms. The zero-order valence-corrected chi connectivity index (χ0v) is 36.5. The zero-order valence-electron chi connectivity index (χ0n) is 36.5. The van der Waals surface area contributed by atoms with Crippen molar-refractivity contribution in [2.75, 3.05) is 11.1 Å². The Hall–Kier alpha value is -4.78. The Balaban J connectivity index is 1.19. The van der Waals surface area contributed by atoms with Crippen LogP contribution in [0.1, 0.15) is 135 Å². The molecule has 6 rings (SSSR count). The maximum atomic E-state index is 15.3. The molecule has 2 aromatic carbocycles. The summed E-state index contributed by atoms with van der Waals surface area (Å²) in [5.41, 5.74) is 16.3. The number of nitrogen functional groups attached to an aromatic ring is 1. The van der Waals surface area contributed by atoms with Gasteiger partial charge in [-0.15, -0.1) is 0 Å². The summed E-state index contributed by atoms with van der Waals surface area (Å²) < 4.78 is 0. The number of carboxylic acid groups (broad SMARTS) is 1. The standard InChI is InChI=1S/C47H66N6O7/c1-27(2)39(52-41(58)35(49)16-19-38(55)56)42(59)50-28(3)40(57)51-32-15-11-30-12-17-36-44(4,34(30)25-32)20-8-22-46(36,6)43(60)53(26-54)47(7)23-9-21-45(5)33-24-31(48)14-10-29(33)13-18-37(45)47/h10-11,14-15,24-28,35-37,39H,8-9,12-13,16-23,48-49H2,1-7H3,(H,50,59)(H,51,57)(H,52,58)(H,55,56)/t28-,35+,36+,37+,39-,44+,45+,46-,47-/m0/s1. The van der Waals surface area contributed by atoms with Gasteiger partial charge in [0.25, 0.3) is 0 Å². The number of imide groups is 1. The minimum Gasteiger partial charge on any atom is -0.481 e. The van der Waals surface area contributed by atoms with Gasteiger partial charge in [0.15, 0.2) is 0 Å². The number of nitrogens with one attached hydrogen (secondary N) is 3. The molecule has 326 valence electrons. The molecule has 0 aliphatic heterocycles. The van der Waals surface area contributed by atoms with Crippen molar-refractivity contribution in [1.29, 1.82) is 0 Å². The third-order valence-electron chi connectivity index (χ3n) is 15.3. The fourth-order valence-corrected chi connectivity index (χ4v) is 12.0. The SMILES string of the molecule is CC(C)[C@H](NC(=O)[C@H](N)CCC(=O)O)C(=O)N[C@@H](C)C(=O)Nc1ccc2c(c1)[C@@]1(C)CCC[C@](C)(C(=O)N(C=O)[C@@]3(C)CCC[C@]4(C)c5cc(N)ccc5CC[C@@H]34)[C@@H]1CC2. The van der Waals surface area contributed by atoms with E-state index < -0.39 is 58.2 Å². The van der Waals surface area contributed by atoms with Crippen LogP contribution in [0.15, 0.2) is 36.4 Å². The number of benzene rings is 2. The number of nitrogens with zero attached hydrogens (tertiary/aromatic N) is 1. The topological polar surface area (TPSA) is 214 Å². The van der Waals surface area contributed by atoms with Gasteiger partial charge in [-0.2, -0.15) is 0 Å². The Morgan fingerprint density at radius 1 is 0.817 bits per heavy atom. The van der Waals surface area contributed by atoms with Gasteiger partial charge in [-0.1, -0.05) is 59.6 Å². The Labute approximate surface area is 354 Å². The van der Waals surface area contributed by atoms with Crippen molar-refractivity contribution in [3.05, 3.63) is 58.7 Å². The van der Waals surface area contributed by atoms with E-state index in [4.69, 9.17) is 16.6 Å². The van der Waals surface area contributed by atoms with Crippen LogP contribution >= 0.6 is 0 Å². The van der Waals surface area contributed by atoms with E-state index in [2.05, 4.69) is 55.8 Å². The molecule has 0 spiro atoms. The molecule has 60 heavy (non-hydrogen) atoms. The van der Waals surface area contributed by atoms with Gasteiger partial charge in [0.05, 0.1) is 17.0 Å². The molecule has 5 amide bonds. The molecule has 8 N–H and O–H groups in total. The quantitative estimate of drug-likeness (QED) is 0.111. The average Bonchev–Trinajstić information content (AvgIpc) is 3.19. The minimum atomic E-state index is -1.10. The number of carbonyl (C=O) groups is 6. The van der Waals surface area contributed by atoms with E-state index >= 15 is 4.79 Å². The largest absolute Gasteiger partial charge is 0.481 e. The fourth-order valence-electron chi connectivity index (χ4n) is 12.0. The van der Waals surface area contributed by atoms with E-state index in [1.807, 2.05) is 24.3 Å². The van der Waals surface area contributed by atoms with Crippen LogP contribution in [0.25, 0.3) is 0 Å². The summed E-state index contributed by atoms with van der Waals surface area (Å²) in [6.07, 6.45) is 8.79. The van der Waals surface area contributed by atoms with E-state index in [1.54, 1.807) is 25.7 Å². The summed E-state index contributed by atoms with van der Waals surface area (Å²) in [6, 6.07) is 9.08. The number of rotatable bonds is 13. The molecule has 0 radical (unpaired) electrons. The molecule has 13 nitrogen and oxygen atoms in total. The first-order valence-corrected chi connectivity index (χ1v) is 21.9. The lowest BCUT2D eigenvalue weighted by molar-refractivity contribution is -0.166. The summed E-state index contributed by atoms with van der Waals surface area (Å²) >= 11 is 0. The maximum absolute atomic E-state index is 15.3. The molecular weight excluding hydrogens is 761 g/mol. The first kappa shape index (κ1) is 44.8. The van der Waals surface area contributed by atoms with E-state index in [0.717, 1.165) is 75.4 Å². The number of anilines is 2. The monoisotopic (exact) mass is 826 g/mol. The summed E-state index contributed by atoms with van der Waals surface area (Å²) in [6.45, 7) is 13.8. The number of nitrogens with two attached hydrogens (primary N) is 2. The van der Waals surface area contributed by atoms with Crippen LogP contribution in [0, 0.1) is 23.2 Å². The van der Waals surface area contributed by atoms with Crippen molar-refractivity contribution < 1.29 is 33.9 Å². The maximum Gasteiger partial charge on any atom is 0.303 e. The number of aryl methyl sites for hydroxylation is 2. The van der Waals surface area contributed by atoms with Crippen LogP contribution in [0.3, 0.4) is 0 Å². The molecule has 0 heterocycles. The molecule has 2 aromatic rings. The minimum absolute atomic E-state index is 0.0451. The Morgan fingerprint density at radius 2 is 1.42 bits per heavy atom. The van der Waals surface area contributed by atoms with Crippen LogP contribution in [0.2, 0.25) is 0 Å². The second-order valence-electron chi connectivity index (χ2n) is 19.6. The highest BCUT2D eigenvalue weighted by molar-refractivity contribution is 5.98. The third kappa shape index (κ3) is 8.06. The molecule has 2 saturated carbocycles. The number of hydrogen-bond donors (Lipinski definition) is 6. The first-order valence-electron chi connectivity index (χ1n) is 21.9. The Bertz CT molecular complexity index is 2040. The normalized spacial score (nSPS) is 29.6. The summed E-state index contributed by atoms with van der Waals surface area (Å²) in [4.78, 5) is 80.8. The Morgan fingerprint density at radius 3 is 2.05 bits per heavy atom. The van der Waals surface area contributed by atoms with Crippen molar-refractivity contribution in [2.45, 2.75) is 160 Å². The van der Waals surface area contributed by atoms with Crippen LogP contribution in [-0.2, 0) is 52.4 Å². The van der Waals surface area contributed by atoms with Gasteiger partial charge >= 0.3 is 5.97 Å². The van der Waals surface area contributed by atoms with Crippen LogP contribution in [-0.4, -0.2) is 69.7 Å². The number of aliphatic carboxylic acids is 1. The van der Waals surface area contributed by atoms with Crippen LogP contribution in [0.4, 0.5) is 11.4 Å². The number of hydrogen-bond acceptors (Lipinski definition) is 8. The van der Waals surface area contributed by atoms with Gasteiger partial charge in [0.2, 0.25) is 30.0 Å². The van der Waals surface area contributed by atoms with Gasteiger partial charge < -0.3 is 32.5 Å². The average molecular weight is 827 g/mol. The fraction of sp³-hybridized carbons (Fsp3) is 0.617. The molecule has 0 unspecified atom stereocenters. The van der Waals surface area contributed by atoms with Crippen molar-refractivity contribution in [2.24, 2.45) is 28.9 Å². The van der Waals surface area contributed by atoms with E-state index in [0.29, 0.717) is 12.1 Å². The molecule has 0 aromatic heterocycles.